The minimum atomic E-state index is -0.357. The first-order valence-corrected chi connectivity index (χ1v) is 7.48. The van der Waals surface area contributed by atoms with Gasteiger partial charge in [-0.15, -0.1) is 11.3 Å². The van der Waals surface area contributed by atoms with Crippen LogP contribution in [0.15, 0.2) is 28.2 Å². The third-order valence-corrected chi connectivity index (χ3v) is 3.91. The Bertz CT molecular complexity index is 496. The number of aliphatic hydroxyl groups excluding tert-OH is 1. The predicted molar refractivity (Wildman–Crippen MR) is 77.6 cm³/mol. The molecule has 3 nitrogen and oxygen atoms in total. The highest BCUT2D eigenvalue weighted by Crippen LogP contribution is 2.24. The van der Waals surface area contributed by atoms with Gasteiger partial charge >= 0.3 is 0 Å². The van der Waals surface area contributed by atoms with Gasteiger partial charge < -0.3 is 9.52 Å². The van der Waals surface area contributed by atoms with Crippen molar-refractivity contribution in [3.05, 3.63) is 40.2 Å². The van der Waals surface area contributed by atoms with Crippen molar-refractivity contribution in [3.8, 4) is 0 Å². The van der Waals surface area contributed by atoms with Crippen molar-refractivity contribution in [3.63, 3.8) is 0 Å². The van der Waals surface area contributed by atoms with Gasteiger partial charge in [0, 0.05) is 23.6 Å². The summed E-state index contributed by atoms with van der Waals surface area (Å²) in [7, 11) is 0. The Morgan fingerprint density at radius 3 is 2.79 bits per heavy atom. The summed E-state index contributed by atoms with van der Waals surface area (Å²) in [6.07, 6.45) is 3.41. The van der Waals surface area contributed by atoms with Gasteiger partial charge in [-0.25, -0.2) is 4.98 Å². The first kappa shape index (κ1) is 14.3. The second kappa shape index (κ2) is 5.88. The summed E-state index contributed by atoms with van der Waals surface area (Å²) in [5.74, 6) is 0.925. The van der Waals surface area contributed by atoms with Gasteiger partial charge in [0.05, 0.1) is 23.1 Å². The van der Waals surface area contributed by atoms with Crippen LogP contribution in [0.25, 0.3) is 0 Å². The van der Waals surface area contributed by atoms with E-state index in [4.69, 9.17) is 4.42 Å². The van der Waals surface area contributed by atoms with Gasteiger partial charge in [0.25, 0.3) is 0 Å². The number of aromatic nitrogens is 1. The summed E-state index contributed by atoms with van der Waals surface area (Å²) in [5.41, 5.74) is 1.18. The molecule has 2 heterocycles. The second-order valence-electron chi connectivity index (χ2n) is 5.85. The normalized spacial score (nSPS) is 13.7. The predicted octanol–water partition coefficient (Wildman–Crippen LogP) is 3.57. The Kier molecular flexibility index (Phi) is 4.42. The first-order chi connectivity index (χ1) is 8.95. The Morgan fingerprint density at radius 2 is 2.21 bits per heavy atom. The van der Waals surface area contributed by atoms with Crippen LogP contribution < -0.4 is 0 Å². The molecular weight excluding hydrogens is 258 g/mol. The quantitative estimate of drug-likeness (QED) is 0.910. The molecule has 0 amide bonds. The molecule has 0 aliphatic heterocycles. The summed E-state index contributed by atoms with van der Waals surface area (Å²) in [6.45, 7) is 6.46. The Hall–Kier alpha value is -1.13. The molecule has 0 radical (unpaired) electrons. The zero-order chi connectivity index (χ0) is 13.9. The van der Waals surface area contributed by atoms with E-state index in [0.717, 1.165) is 22.9 Å². The second-order valence-corrected chi connectivity index (χ2v) is 6.80. The minimum Gasteiger partial charge on any atom is -0.469 e. The van der Waals surface area contributed by atoms with Crippen LogP contribution in [0.1, 0.15) is 43.7 Å². The highest BCUT2D eigenvalue weighted by Gasteiger charge is 2.18. The molecule has 1 atom stereocenters. The van der Waals surface area contributed by atoms with E-state index < -0.39 is 0 Å². The lowest BCUT2D eigenvalue weighted by Gasteiger charge is -2.14. The standard InChI is InChI=1S/C15H21NO2S/c1-15(2,3)13-10-19-14(16-13)9-11(17)6-7-12-5-4-8-18-12/h4-5,8,10-11,17H,6-7,9H2,1-3H3. The van der Waals surface area contributed by atoms with Crippen LogP contribution in [0.4, 0.5) is 0 Å². The van der Waals surface area contributed by atoms with E-state index in [1.165, 1.54) is 0 Å². The van der Waals surface area contributed by atoms with E-state index in [1.807, 2.05) is 12.1 Å². The molecule has 0 fully saturated rings. The van der Waals surface area contributed by atoms with Crippen molar-refractivity contribution in [2.75, 3.05) is 0 Å². The van der Waals surface area contributed by atoms with Gasteiger partial charge in [-0.05, 0) is 18.6 Å². The van der Waals surface area contributed by atoms with Crippen molar-refractivity contribution in [1.29, 1.82) is 0 Å². The monoisotopic (exact) mass is 279 g/mol. The molecule has 0 saturated heterocycles. The molecule has 1 unspecified atom stereocenters. The number of hydrogen-bond acceptors (Lipinski definition) is 4. The first-order valence-electron chi connectivity index (χ1n) is 6.60. The van der Waals surface area contributed by atoms with Gasteiger partial charge in [-0.3, -0.25) is 0 Å². The lowest BCUT2D eigenvalue weighted by Crippen LogP contribution is -2.14. The van der Waals surface area contributed by atoms with Gasteiger partial charge in [-0.1, -0.05) is 20.8 Å². The number of hydrogen-bond donors (Lipinski definition) is 1. The van der Waals surface area contributed by atoms with E-state index >= 15 is 0 Å². The maximum Gasteiger partial charge on any atom is 0.103 e. The van der Waals surface area contributed by atoms with E-state index in [-0.39, 0.29) is 11.5 Å². The minimum absolute atomic E-state index is 0.0773. The van der Waals surface area contributed by atoms with Crippen LogP contribution in [0.3, 0.4) is 0 Å². The van der Waals surface area contributed by atoms with Crippen LogP contribution in [-0.4, -0.2) is 16.2 Å². The van der Waals surface area contributed by atoms with Gasteiger partial charge in [0.15, 0.2) is 0 Å². The number of rotatable bonds is 5. The zero-order valence-corrected chi connectivity index (χ0v) is 12.5. The highest BCUT2D eigenvalue weighted by molar-refractivity contribution is 7.09. The third kappa shape index (κ3) is 4.18. The average Bonchev–Trinajstić information content (AvgIpc) is 2.95. The van der Waals surface area contributed by atoms with Crippen LogP contribution >= 0.6 is 11.3 Å². The summed E-state index contributed by atoms with van der Waals surface area (Å²) >= 11 is 1.63. The number of thiazole rings is 1. The Balaban J connectivity index is 1.85. The molecule has 2 aromatic rings. The molecular formula is C15H21NO2S. The molecule has 0 aromatic carbocycles. The van der Waals surface area contributed by atoms with Crippen LogP contribution in [0, 0.1) is 0 Å². The lowest BCUT2D eigenvalue weighted by atomic mass is 9.93. The molecule has 1 N–H and O–H groups in total. The number of nitrogens with zero attached hydrogens (tertiary/aromatic N) is 1. The van der Waals surface area contributed by atoms with Crippen LogP contribution in [0.5, 0.6) is 0 Å². The lowest BCUT2D eigenvalue weighted by molar-refractivity contribution is 0.162. The van der Waals surface area contributed by atoms with Crippen molar-refractivity contribution in [2.45, 2.75) is 51.6 Å². The van der Waals surface area contributed by atoms with E-state index in [2.05, 4.69) is 31.1 Å². The molecule has 0 spiro atoms. The highest BCUT2D eigenvalue weighted by atomic mass is 32.1. The SMILES string of the molecule is CC(C)(C)c1csc(CC(O)CCc2ccco2)n1. The van der Waals surface area contributed by atoms with Crippen molar-refractivity contribution in [2.24, 2.45) is 0 Å². The maximum atomic E-state index is 10.0. The molecule has 0 aliphatic rings. The third-order valence-electron chi connectivity index (χ3n) is 3.03. The number of furan rings is 1. The maximum absolute atomic E-state index is 10.0. The molecule has 0 aliphatic carbocycles. The molecule has 4 heteroatoms. The van der Waals surface area contributed by atoms with Gasteiger partial charge in [-0.2, -0.15) is 0 Å². The van der Waals surface area contributed by atoms with Gasteiger partial charge in [0.1, 0.15) is 5.76 Å². The fourth-order valence-electron chi connectivity index (χ4n) is 1.82. The fraction of sp³-hybridized carbons (Fsp3) is 0.533. The van der Waals surface area contributed by atoms with Crippen molar-refractivity contribution >= 4 is 11.3 Å². The van der Waals surface area contributed by atoms with Crippen molar-refractivity contribution < 1.29 is 9.52 Å². The van der Waals surface area contributed by atoms with Crippen LogP contribution in [-0.2, 0) is 18.3 Å². The summed E-state index contributed by atoms with van der Waals surface area (Å²) in [6, 6.07) is 3.81. The molecule has 2 aromatic heterocycles. The van der Waals surface area contributed by atoms with E-state index in [9.17, 15) is 5.11 Å². The average molecular weight is 279 g/mol. The topological polar surface area (TPSA) is 46.3 Å². The zero-order valence-electron chi connectivity index (χ0n) is 11.7. The molecule has 104 valence electrons. The van der Waals surface area contributed by atoms with Crippen LogP contribution in [0.2, 0.25) is 0 Å². The fourth-order valence-corrected chi connectivity index (χ4v) is 2.91. The Labute approximate surface area is 118 Å². The molecule has 2 rings (SSSR count). The smallest absolute Gasteiger partial charge is 0.103 e. The molecule has 19 heavy (non-hydrogen) atoms. The summed E-state index contributed by atoms with van der Waals surface area (Å²) in [4.78, 5) is 4.60. The summed E-state index contributed by atoms with van der Waals surface area (Å²) < 4.78 is 5.26. The molecule has 0 bridgehead atoms. The largest absolute Gasteiger partial charge is 0.469 e. The van der Waals surface area contributed by atoms with E-state index in [1.54, 1.807) is 17.6 Å². The number of aryl methyl sites for hydroxylation is 1. The van der Waals surface area contributed by atoms with Crippen molar-refractivity contribution in [1.82, 2.24) is 4.98 Å². The molecule has 0 saturated carbocycles. The van der Waals surface area contributed by atoms with Gasteiger partial charge in [0.2, 0.25) is 0 Å². The van der Waals surface area contributed by atoms with E-state index in [0.29, 0.717) is 12.8 Å². The summed E-state index contributed by atoms with van der Waals surface area (Å²) in [5, 5.41) is 13.1. The number of aliphatic hydroxyl groups is 1. The Morgan fingerprint density at radius 1 is 1.42 bits per heavy atom.